The van der Waals surface area contributed by atoms with Crippen LogP contribution in [0.1, 0.15) is 25.3 Å². The average Bonchev–Trinajstić information content (AvgIpc) is 2.91. The van der Waals surface area contributed by atoms with Crippen molar-refractivity contribution in [1.82, 2.24) is 5.06 Å². The summed E-state index contributed by atoms with van der Waals surface area (Å²) in [5, 5.41) is 11.1. The first-order valence-corrected chi connectivity index (χ1v) is 8.55. The molecule has 1 unspecified atom stereocenters. The van der Waals surface area contributed by atoms with Crippen LogP contribution in [-0.2, 0) is 25.8 Å². The van der Waals surface area contributed by atoms with Gasteiger partial charge in [-0.3, -0.25) is 24.5 Å². The zero-order chi connectivity index (χ0) is 19.6. The van der Waals surface area contributed by atoms with Gasteiger partial charge in [-0.25, -0.2) is 4.79 Å². The Bertz CT molecular complexity index is 802. The highest BCUT2D eigenvalue weighted by molar-refractivity contribution is 6.05. The average molecular weight is 374 g/mol. The highest BCUT2D eigenvalue weighted by Crippen LogP contribution is 2.40. The fraction of sp³-hybridized carbons (Fsp3) is 0.389. The Labute approximate surface area is 154 Å². The van der Waals surface area contributed by atoms with Gasteiger partial charge in [-0.2, -0.15) is 0 Å². The molecule has 3 atom stereocenters. The van der Waals surface area contributed by atoms with Gasteiger partial charge in [0.25, 0.3) is 17.5 Å². The smallest absolute Gasteiger partial charge is 0.428 e. The van der Waals surface area contributed by atoms with Crippen LogP contribution in [0, 0.1) is 27.9 Å². The van der Waals surface area contributed by atoms with Crippen molar-refractivity contribution >= 4 is 23.7 Å². The molecule has 9 nitrogen and oxygen atoms in total. The summed E-state index contributed by atoms with van der Waals surface area (Å²) >= 11 is 0. The maximum absolute atomic E-state index is 12.5. The number of amides is 2. The molecule has 2 amide bonds. The third-order valence-electron chi connectivity index (χ3n) is 4.81. The second-order valence-corrected chi connectivity index (χ2v) is 6.39. The molecule has 1 aromatic rings. The molecule has 0 aromatic heterocycles. The van der Waals surface area contributed by atoms with E-state index in [-0.39, 0.29) is 18.2 Å². The van der Waals surface area contributed by atoms with Gasteiger partial charge in [0.15, 0.2) is 0 Å². The van der Waals surface area contributed by atoms with Gasteiger partial charge >= 0.3 is 6.16 Å². The number of hydroxylamine groups is 2. The summed E-state index contributed by atoms with van der Waals surface area (Å²) in [6, 6.07) is 5.42. The van der Waals surface area contributed by atoms with Gasteiger partial charge in [-0.05, 0) is 36.5 Å². The highest BCUT2D eigenvalue weighted by atomic mass is 16.8. The number of imide groups is 1. The van der Waals surface area contributed by atoms with Gasteiger partial charge in [0.2, 0.25) is 0 Å². The molecule has 1 heterocycles. The largest absolute Gasteiger partial charge is 0.534 e. The van der Waals surface area contributed by atoms with Crippen LogP contribution in [0.3, 0.4) is 0 Å². The number of benzene rings is 1. The van der Waals surface area contributed by atoms with E-state index in [0.717, 1.165) is 0 Å². The summed E-state index contributed by atoms with van der Waals surface area (Å²) < 4.78 is 4.90. The molecule has 0 spiro atoms. The van der Waals surface area contributed by atoms with E-state index in [1.807, 2.05) is 19.1 Å². The number of hydrogen-bond donors (Lipinski definition) is 0. The first kappa shape index (κ1) is 18.6. The number of carbonyl (C=O) groups excluding carboxylic acids is 3. The molecule has 142 valence electrons. The van der Waals surface area contributed by atoms with Crippen molar-refractivity contribution < 1.29 is 28.9 Å². The van der Waals surface area contributed by atoms with E-state index in [9.17, 15) is 24.5 Å². The molecule has 0 saturated carbocycles. The Kier molecular flexibility index (Phi) is 5.20. The Hall–Kier alpha value is -3.23. The lowest BCUT2D eigenvalue weighted by Crippen LogP contribution is -2.34. The van der Waals surface area contributed by atoms with Crippen LogP contribution in [0.5, 0.6) is 0 Å². The number of nitrogens with zero attached hydrogens (tertiary/aromatic N) is 2. The quantitative estimate of drug-likeness (QED) is 0.256. The molecule has 0 radical (unpaired) electrons. The number of rotatable bonds is 5. The maximum atomic E-state index is 12.5. The lowest BCUT2D eigenvalue weighted by molar-refractivity contribution is -0.384. The Morgan fingerprint density at radius 2 is 1.96 bits per heavy atom. The standard InChI is InChI=1S/C18H18N2O7/c1-2-12-4-3-5-14-15(12)17(22)19(16(14)21)27-18(23)26-10-11-6-8-13(9-7-11)20(24)25/h3-4,6-9,12,14-15H,2,5,10H2,1H3/t12?,14-,15+/m1/s1. The van der Waals surface area contributed by atoms with E-state index in [4.69, 9.17) is 9.57 Å². The molecule has 1 aliphatic heterocycles. The first-order valence-electron chi connectivity index (χ1n) is 8.55. The van der Waals surface area contributed by atoms with Crippen molar-refractivity contribution in [2.75, 3.05) is 0 Å². The summed E-state index contributed by atoms with van der Waals surface area (Å²) in [7, 11) is 0. The van der Waals surface area contributed by atoms with Gasteiger partial charge in [-0.15, -0.1) is 0 Å². The molecule has 1 aromatic carbocycles. The molecule has 27 heavy (non-hydrogen) atoms. The maximum Gasteiger partial charge on any atom is 0.534 e. The Morgan fingerprint density at radius 3 is 2.59 bits per heavy atom. The molecule has 9 heteroatoms. The van der Waals surface area contributed by atoms with Gasteiger partial charge in [0.1, 0.15) is 6.61 Å². The van der Waals surface area contributed by atoms with Crippen molar-refractivity contribution in [2.24, 2.45) is 17.8 Å². The third-order valence-corrected chi connectivity index (χ3v) is 4.81. The zero-order valence-corrected chi connectivity index (χ0v) is 14.6. The number of allylic oxidation sites excluding steroid dienone is 2. The normalized spacial score (nSPS) is 23.9. The van der Waals surface area contributed by atoms with E-state index in [2.05, 4.69) is 0 Å². The van der Waals surface area contributed by atoms with Crippen molar-refractivity contribution in [3.8, 4) is 0 Å². The number of non-ortho nitro benzene ring substituents is 1. The van der Waals surface area contributed by atoms with Crippen LogP contribution in [0.4, 0.5) is 10.5 Å². The second-order valence-electron chi connectivity index (χ2n) is 6.39. The van der Waals surface area contributed by atoms with Crippen LogP contribution >= 0.6 is 0 Å². The fourth-order valence-corrected chi connectivity index (χ4v) is 3.41. The summed E-state index contributed by atoms with van der Waals surface area (Å²) in [6.07, 6.45) is 3.74. The highest BCUT2D eigenvalue weighted by Gasteiger charge is 2.52. The van der Waals surface area contributed by atoms with E-state index < -0.39 is 34.7 Å². The molecule has 2 aliphatic rings. The Balaban J connectivity index is 1.58. The number of carbonyl (C=O) groups is 3. The Morgan fingerprint density at radius 1 is 1.26 bits per heavy atom. The number of fused-ring (bicyclic) bond motifs is 1. The van der Waals surface area contributed by atoms with E-state index >= 15 is 0 Å². The fourth-order valence-electron chi connectivity index (χ4n) is 3.41. The van der Waals surface area contributed by atoms with Gasteiger partial charge in [-0.1, -0.05) is 24.1 Å². The molecular formula is C18H18N2O7. The molecule has 0 bridgehead atoms. The zero-order valence-electron chi connectivity index (χ0n) is 14.6. The molecule has 0 N–H and O–H groups in total. The van der Waals surface area contributed by atoms with Crippen molar-refractivity contribution in [1.29, 1.82) is 0 Å². The number of hydrogen-bond acceptors (Lipinski definition) is 7. The number of ether oxygens (including phenoxy) is 1. The predicted molar refractivity (Wildman–Crippen MR) is 90.7 cm³/mol. The van der Waals surface area contributed by atoms with E-state index in [1.54, 1.807) is 0 Å². The number of nitro benzene ring substituents is 1. The van der Waals surface area contributed by atoms with Crippen molar-refractivity contribution in [3.05, 3.63) is 52.1 Å². The topological polar surface area (TPSA) is 116 Å². The van der Waals surface area contributed by atoms with E-state index in [0.29, 0.717) is 23.5 Å². The van der Waals surface area contributed by atoms with Crippen LogP contribution in [0.2, 0.25) is 0 Å². The molecule has 1 fully saturated rings. The van der Waals surface area contributed by atoms with Crippen LogP contribution in [-0.4, -0.2) is 28.0 Å². The number of nitro groups is 1. The van der Waals surface area contributed by atoms with E-state index in [1.165, 1.54) is 24.3 Å². The molecule has 1 aliphatic carbocycles. The lowest BCUT2D eigenvalue weighted by Gasteiger charge is -2.24. The molecular weight excluding hydrogens is 356 g/mol. The van der Waals surface area contributed by atoms with Gasteiger partial charge in [0.05, 0.1) is 16.8 Å². The van der Waals surface area contributed by atoms with Gasteiger partial charge in [0, 0.05) is 12.1 Å². The molecule has 1 saturated heterocycles. The van der Waals surface area contributed by atoms with Gasteiger partial charge < -0.3 is 4.74 Å². The summed E-state index contributed by atoms with van der Waals surface area (Å²) in [6.45, 7) is 1.72. The monoisotopic (exact) mass is 374 g/mol. The first-order chi connectivity index (χ1) is 12.9. The van der Waals surface area contributed by atoms with Crippen molar-refractivity contribution in [2.45, 2.75) is 26.4 Å². The minimum atomic E-state index is -1.19. The van der Waals surface area contributed by atoms with Crippen LogP contribution in [0.15, 0.2) is 36.4 Å². The summed E-state index contributed by atoms with van der Waals surface area (Å²) in [5.74, 6) is -2.18. The summed E-state index contributed by atoms with van der Waals surface area (Å²) in [4.78, 5) is 51.7. The predicted octanol–water partition coefficient (Wildman–Crippen LogP) is 2.75. The molecule has 3 rings (SSSR count). The lowest BCUT2D eigenvalue weighted by atomic mass is 9.76. The minimum Gasteiger partial charge on any atom is -0.428 e. The minimum absolute atomic E-state index is 0.0649. The van der Waals surface area contributed by atoms with Crippen LogP contribution in [0.25, 0.3) is 0 Å². The SMILES string of the molecule is CCC1C=CC[C@H]2C(=O)N(OC(=O)OCc3ccc([N+](=O)[O-])cc3)C(=O)[C@@H]12. The van der Waals surface area contributed by atoms with Crippen molar-refractivity contribution in [3.63, 3.8) is 0 Å². The van der Waals surface area contributed by atoms with Crippen LogP contribution < -0.4 is 0 Å². The summed E-state index contributed by atoms with van der Waals surface area (Å²) in [5.41, 5.74) is 0.414. The second kappa shape index (κ2) is 7.56. The third kappa shape index (κ3) is 3.67.